The molecule has 0 atom stereocenters. The predicted octanol–water partition coefficient (Wildman–Crippen LogP) is 4.33. The van der Waals surface area contributed by atoms with Gasteiger partial charge in [-0.05, 0) is 36.4 Å². The first kappa shape index (κ1) is 16.5. The molecule has 8 heteroatoms. The number of H-pyrrole nitrogens is 1. The largest absolute Gasteiger partial charge is 0.493 e. The highest BCUT2D eigenvalue weighted by atomic mass is 16.6. The molecule has 0 saturated heterocycles. The van der Waals surface area contributed by atoms with E-state index >= 15 is 0 Å². The molecule has 4 rings (SSSR count). The van der Waals surface area contributed by atoms with Gasteiger partial charge in [-0.25, -0.2) is 9.97 Å². The molecule has 2 aromatic carbocycles. The van der Waals surface area contributed by atoms with Crippen molar-refractivity contribution >= 4 is 16.7 Å². The number of nitro groups is 1. The lowest BCUT2D eigenvalue weighted by Crippen LogP contribution is -1.97. The van der Waals surface area contributed by atoms with E-state index in [0.29, 0.717) is 17.3 Å². The van der Waals surface area contributed by atoms with E-state index in [9.17, 15) is 10.1 Å². The molecule has 0 aliphatic carbocycles. The SMILES string of the molecule is COc1cc(-c2nc3ccccc3[nH]2)ccc1Oc1ncccc1[N+](=O)[O-]. The van der Waals surface area contributed by atoms with Crippen molar-refractivity contribution in [3.05, 3.63) is 70.9 Å². The number of nitrogens with zero attached hydrogens (tertiary/aromatic N) is 3. The smallest absolute Gasteiger partial charge is 0.331 e. The van der Waals surface area contributed by atoms with E-state index in [2.05, 4.69) is 15.0 Å². The molecule has 1 N–H and O–H groups in total. The lowest BCUT2D eigenvalue weighted by molar-refractivity contribution is -0.386. The third-order valence-corrected chi connectivity index (χ3v) is 3.98. The second-order valence-electron chi connectivity index (χ2n) is 5.66. The van der Waals surface area contributed by atoms with Gasteiger partial charge in [0.15, 0.2) is 11.5 Å². The molecule has 0 spiro atoms. The van der Waals surface area contributed by atoms with Crippen LogP contribution in [0, 0.1) is 10.1 Å². The van der Waals surface area contributed by atoms with Gasteiger partial charge >= 0.3 is 5.69 Å². The molecular weight excluding hydrogens is 348 g/mol. The van der Waals surface area contributed by atoms with Crippen LogP contribution in [0.2, 0.25) is 0 Å². The summed E-state index contributed by atoms with van der Waals surface area (Å²) in [6, 6.07) is 15.7. The Morgan fingerprint density at radius 1 is 1.07 bits per heavy atom. The van der Waals surface area contributed by atoms with Gasteiger partial charge in [-0.15, -0.1) is 0 Å². The standard InChI is InChI=1S/C19H14N4O4/c1-26-17-11-12(18-21-13-5-2-3-6-14(13)22-18)8-9-16(17)27-19-15(23(24)25)7-4-10-20-19/h2-11H,1H3,(H,21,22). The number of pyridine rings is 1. The van der Waals surface area contributed by atoms with Gasteiger partial charge in [0.25, 0.3) is 5.88 Å². The Morgan fingerprint density at radius 2 is 1.93 bits per heavy atom. The minimum absolute atomic E-state index is 0.0997. The van der Waals surface area contributed by atoms with Crippen molar-refractivity contribution in [3.8, 4) is 28.8 Å². The van der Waals surface area contributed by atoms with Crippen molar-refractivity contribution < 1.29 is 14.4 Å². The van der Waals surface area contributed by atoms with E-state index in [-0.39, 0.29) is 11.6 Å². The molecule has 2 aromatic heterocycles. The number of benzene rings is 2. The van der Waals surface area contributed by atoms with Crippen molar-refractivity contribution in [1.29, 1.82) is 0 Å². The van der Waals surface area contributed by atoms with Crippen molar-refractivity contribution in [3.63, 3.8) is 0 Å². The van der Waals surface area contributed by atoms with E-state index in [4.69, 9.17) is 9.47 Å². The van der Waals surface area contributed by atoms with Crippen molar-refractivity contribution in [2.24, 2.45) is 0 Å². The van der Waals surface area contributed by atoms with Crippen LogP contribution in [0.3, 0.4) is 0 Å². The second kappa shape index (κ2) is 6.75. The number of ether oxygens (including phenoxy) is 2. The zero-order chi connectivity index (χ0) is 18.8. The first-order valence-corrected chi connectivity index (χ1v) is 8.06. The van der Waals surface area contributed by atoms with Crippen LogP contribution in [0.4, 0.5) is 5.69 Å². The van der Waals surface area contributed by atoms with Gasteiger partial charge in [0.2, 0.25) is 0 Å². The Morgan fingerprint density at radius 3 is 2.70 bits per heavy atom. The summed E-state index contributed by atoms with van der Waals surface area (Å²) in [5, 5.41) is 11.1. The summed E-state index contributed by atoms with van der Waals surface area (Å²) in [6.45, 7) is 0. The first-order valence-electron chi connectivity index (χ1n) is 8.06. The third-order valence-electron chi connectivity index (χ3n) is 3.98. The van der Waals surface area contributed by atoms with Crippen LogP contribution in [0.25, 0.3) is 22.4 Å². The predicted molar refractivity (Wildman–Crippen MR) is 99.0 cm³/mol. The van der Waals surface area contributed by atoms with Crippen molar-refractivity contribution in [2.45, 2.75) is 0 Å². The molecular formula is C19H14N4O4. The minimum atomic E-state index is -0.544. The fourth-order valence-corrected chi connectivity index (χ4v) is 2.69. The van der Waals surface area contributed by atoms with Gasteiger partial charge in [-0.1, -0.05) is 12.1 Å². The molecule has 134 valence electrons. The molecule has 8 nitrogen and oxygen atoms in total. The highest BCUT2D eigenvalue weighted by Crippen LogP contribution is 2.37. The number of methoxy groups -OCH3 is 1. The summed E-state index contributed by atoms with van der Waals surface area (Å²) in [6.07, 6.45) is 1.43. The monoisotopic (exact) mass is 362 g/mol. The first-order chi connectivity index (χ1) is 13.2. The molecule has 0 unspecified atom stereocenters. The number of imidazole rings is 1. The molecule has 0 amide bonds. The summed E-state index contributed by atoms with van der Waals surface area (Å²) < 4.78 is 11.0. The molecule has 0 bridgehead atoms. The van der Waals surface area contributed by atoms with E-state index in [0.717, 1.165) is 16.6 Å². The summed E-state index contributed by atoms with van der Waals surface area (Å²) in [5.74, 6) is 1.31. The Bertz CT molecular complexity index is 1110. The maximum atomic E-state index is 11.1. The van der Waals surface area contributed by atoms with Gasteiger partial charge in [-0.2, -0.15) is 0 Å². The zero-order valence-corrected chi connectivity index (χ0v) is 14.2. The van der Waals surface area contributed by atoms with Crippen LogP contribution in [-0.2, 0) is 0 Å². The number of aromatic amines is 1. The van der Waals surface area contributed by atoms with Crippen LogP contribution >= 0.6 is 0 Å². The van der Waals surface area contributed by atoms with Crippen LogP contribution in [0.15, 0.2) is 60.8 Å². The summed E-state index contributed by atoms with van der Waals surface area (Å²) in [4.78, 5) is 22.3. The third kappa shape index (κ3) is 3.15. The van der Waals surface area contributed by atoms with Crippen LogP contribution in [0.1, 0.15) is 0 Å². The quantitative estimate of drug-likeness (QED) is 0.418. The highest BCUT2D eigenvalue weighted by molar-refractivity contribution is 5.79. The number of para-hydroxylation sites is 2. The van der Waals surface area contributed by atoms with Crippen LogP contribution < -0.4 is 9.47 Å². The van der Waals surface area contributed by atoms with Crippen LogP contribution in [-0.4, -0.2) is 27.0 Å². The maximum Gasteiger partial charge on any atom is 0.331 e. The van der Waals surface area contributed by atoms with Gasteiger partial charge in [-0.3, -0.25) is 10.1 Å². The lowest BCUT2D eigenvalue weighted by atomic mass is 10.2. The van der Waals surface area contributed by atoms with E-state index in [1.165, 1.54) is 25.4 Å². The van der Waals surface area contributed by atoms with E-state index < -0.39 is 4.92 Å². The summed E-state index contributed by atoms with van der Waals surface area (Å²) >= 11 is 0. The molecule has 0 fully saturated rings. The topological polar surface area (TPSA) is 103 Å². The number of hydrogen-bond acceptors (Lipinski definition) is 6. The number of fused-ring (bicyclic) bond motifs is 1. The number of rotatable bonds is 5. The van der Waals surface area contributed by atoms with E-state index in [1.54, 1.807) is 18.2 Å². The van der Waals surface area contributed by atoms with Gasteiger partial charge < -0.3 is 14.5 Å². The second-order valence-corrected chi connectivity index (χ2v) is 5.66. The zero-order valence-electron chi connectivity index (χ0n) is 14.2. The number of nitrogens with one attached hydrogen (secondary N) is 1. The van der Waals surface area contributed by atoms with Crippen molar-refractivity contribution in [2.75, 3.05) is 7.11 Å². The summed E-state index contributed by atoms with van der Waals surface area (Å²) in [5.41, 5.74) is 2.36. The highest BCUT2D eigenvalue weighted by Gasteiger charge is 2.19. The van der Waals surface area contributed by atoms with Crippen molar-refractivity contribution in [1.82, 2.24) is 15.0 Å². The fraction of sp³-hybridized carbons (Fsp3) is 0.0526. The van der Waals surface area contributed by atoms with Gasteiger partial charge in [0, 0.05) is 17.8 Å². The van der Waals surface area contributed by atoms with E-state index in [1.807, 2.05) is 24.3 Å². The minimum Gasteiger partial charge on any atom is -0.493 e. The maximum absolute atomic E-state index is 11.1. The fourth-order valence-electron chi connectivity index (χ4n) is 2.69. The molecule has 27 heavy (non-hydrogen) atoms. The number of aromatic nitrogens is 3. The Hall–Kier alpha value is -3.94. The average molecular weight is 362 g/mol. The molecule has 0 aliphatic rings. The molecule has 0 saturated carbocycles. The Balaban J connectivity index is 1.71. The average Bonchev–Trinajstić information content (AvgIpc) is 3.13. The molecule has 0 radical (unpaired) electrons. The molecule has 4 aromatic rings. The van der Waals surface area contributed by atoms with Crippen LogP contribution in [0.5, 0.6) is 17.4 Å². The summed E-state index contributed by atoms with van der Waals surface area (Å²) in [7, 11) is 1.50. The Kier molecular flexibility index (Phi) is 4.13. The van der Waals surface area contributed by atoms with Gasteiger partial charge in [0.1, 0.15) is 5.82 Å². The Labute approximate surface area is 153 Å². The normalized spacial score (nSPS) is 10.7. The molecule has 0 aliphatic heterocycles. The van der Waals surface area contributed by atoms with Gasteiger partial charge in [0.05, 0.1) is 23.1 Å². The molecule has 2 heterocycles. The lowest BCUT2D eigenvalue weighted by Gasteiger charge is -2.10. The number of hydrogen-bond donors (Lipinski definition) is 1.